The molecule has 0 aliphatic heterocycles. The van der Waals surface area contributed by atoms with Crippen molar-refractivity contribution < 1.29 is 17.9 Å². The summed E-state index contributed by atoms with van der Waals surface area (Å²) in [7, 11) is 0. The van der Waals surface area contributed by atoms with Crippen LogP contribution in [-0.2, 0) is 6.42 Å². The largest absolute Gasteiger partial charge is 0.573 e. The average molecular weight is 281 g/mol. The van der Waals surface area contributed by atoms with Crippen molar-refractivity contribution in [1.29, 1.82) is 0 Å². The van der Waals surface area contributed by atoms with E-state index in [1.54, 1.807) is 6.07 Å². The molecular formula is C15H14F3NO. The predicted octanol–water partition coefficient (Wildman–Crippen LogP) is 4.24. The second-order valence-corrected chi connectivity index (χ2v) is 4.24. The Balaban J connectivity index is 1.88. The van der Waals surface area contributed by atoms with E-state index in [4.69, 9.17) is 0 Å². The third kappa shape index (κ3) is 4.84. The topological polar surface area (TPSA) is 21.3 Å². The molecule has 0 saturated heterocycles. The predicted molar refractivity (Wildman–Crippen MR) is 71.8 cm³/mol. The van der Waals surface area contributed by atoms with Crippen molar-refractivity contribution in [2.24, 2.45) is 0 Å². The number of benzene rings is 2. The second kappa shape index (κ2) is 6.32. The van der Waals surface area contributed by atoms with Crippen LogP contribution < -0.4 is 10.1 Å². The van der Waals surface area contributed by atoms with Gasteiger partial charge in [0.1, 0.15) is 5.75 Å². The van der Waals surface area contributed by atoms with Crippen molar-refractivity contribution in [3.8, 4) is 5.75 Å². The van der Waals surface area contributed by atoms with Crippen molar-refractivity contribution in [2.75, 3.05) is 11.9 Å². The molecule has 0 aromatic heterocycles. The molecule has 2 rings (SSSR count). The summed E-state index contributed by atoms with van der Waals surface area (Å²) in [5.74, 6) is -0.220. The molecule has 0 unspecified atom stereocenters. The van der Waals surface area contributed by atoms with Gasteiger partial charge in [-0.2, -0.15) is 0 Å². The van der Waals surface area contributed by atoms with E-state index < -0.39 is 6.36 Å². The lowest BCUT2D eigenvalue weighted by Crippen LogP contribution is -2.17. The lowest BCUT2D eigenvalue weighted by molar-refractivity contribution is -0.274. The Morgan fingerprint density at radius 3 is 2.40 bits per heavy atom. The van der Waals surface area contributed by atoms with Crippen LogP contribution in [0.4, 0.5) is 18.9 Å². The van der Waals surface area contributed by atoms with E-state index in [1.807, 2.05) is 30.3 Å². The molecule has 0 spiro atoms. The smallest absolute Gasteiger partial charge is 0.406 e. The second-order valence-electron chi connectivity index (χ2n) is 4.24. The summed E-state index contributed by atoms with van der Waals surface area (Å²) in [4.78, 5) is 0. The third-order valence-corrected chi connectivity index (χ3v) is 2.65. The van der Waals surface area contributed by atoms with Crippen LogP contribution in [0.3, 0.4) is 0 Å². The van der Waals surface area contributed by atoms with Crippen molar-refractivity contribution in [2.45, 2.75) is 12.8 Å². The number of anilines is 1. The lowest BCUT2D eigenvalue weighted by atomic mass is 10.1. The molecule has 20 heavy (non-hydrogen) atoms. The maximum atomic E-state index is 12.1. The Hall–Kier alpha value is -2.17. The number of hydrogen-bond acceptors (Lipinski definition) is 2. The van der Waals surface area contributed by atoms with Gasteiger partial charge in [-0.05, 0) is 24.1 Å². The van der Waals surface area contributed by atoms with Gasteiger partial charge in [0.05, 0.1) is 0 Å². The van der Waals surface area contributed by atoms with Gasteiger partial charge in [0.2, 0.25) is 0 Å². The van der Waals surface area contributed by atoms with E-state index in [1.165, 1.54) is 23.8 Å². The van der Waals surface area contributed by atoms with Gasteiger partial charge in [-0.1, -0.05) is 36.4 Å². The summed E-state index contributed by atoms with van der Waals surface area (Å²) in [6.45, 7) is 0.638. The summed E-state index contributed by atoms with van der Waals surface area (Å²) >= 11 is 0. The van der Waals surface area contributed by atoms with E-state index in [-0.39, 0.29) is 5.75 Å². The first-order chi connectivity index (χ1) is 9.53. The Kier molecular flexibility index (Phi) is 4.50. The van der Waals surface area contributed by atoms with Gasteiger partial charge in [0, 0.05) is 18.3 Å². The first kappa shape index (κ1) is 14.2. The molecule has 2 nitrogen and oxygen atoms in total. The van der Waals surface area contributed by atoms with Crippen molar-refractivity contribution in [1.82, 2.24) is 0 Å². The fourth-order valence-electron chi connectivity index (χ4n) is 1.80. The fraction of sp³-hybridized carbons (Fsp3) is 0.200. The third-order valence-electron chi connectivity index (χ3n) is 2.65. The zero-order valence-electron chi connectivity index (χ0n) is 10.7. The van der Waals surface area contributed by atoms with Gasteiger partial charge in [0.25, 0.3) is 0 Å². The van der Waals surface area contributed by atoms with Crippen molar-refractivity contribution in [3.05, 3.63) is 60.2 Å². The van der Waals surface area contributed by atoms with Crippen LogP contribution in [0.15, 0.2) is 54.6 Å². The van der Waals surface area contributed by atoms with E-state index in [2.05, 4.69) is 10.1 Å². The van der Waals surface area contributed by atoms with Crippen LogP contribution >= 0.6 is 0 Å². The summed E-state index contributed by atoms with van der Waals surface area (Å²) in [6, 6.07) is 15.7. The molecule has 0 atom stereocenters. The first-order valence-corrected chi connectivity index (χ1v) is 6.16. The molecule has 0 amide bonds. The zero-order valence-corrected chi connectivity index (χ0v) is 10.7. The van der Waals surface area contributed by atoms with Gasteiger partial charge in [-0.15, -0.1) is 13.2 Å². The summed E-state index contributed by atoms with van der Waals surface area (Å²) in [5.41, 5.74) is 1.77. The molecule has 0 saturated carbocycles. The Morgan fingerprint density at radius 2 is 1.70 bits per heavy atom. The summed E-state index contributed by atoms with van der Waals surface area (Å²) in [5, 5.41) is 3.07. The molecule has 0 heterocycles. The van der Waals surface area contributed by atoms with Gasteiger partial charge >= 0.3 is 6.36 Å². The van der Waals surface area contributed by atoms with E-state index >= 15 is 0 Å². The van der Waals surface area contributed by atoms with Crippen molar-refractivity contribution >= 4 is 5.69 Å². The molecule has 2 aromatic rings. The van der Waals surface area contributed by atoms with E-state index in [0.29, 0.717) is 12.2 Å². The quantitative estimate of drug-likeness (QED) is 0.885. The molecule has 0 aliphatic carbocycles. The average Bonchev–Trinajstić information content (AvgIpc) is 2.38. The van der Waals surface area contributed by atoms with Crippen LogP contribution in [0, 0.1) is 0 Å². The summed E-state index contributed by atoms with van der Waals surface area (Å²) < 4.78 is 40.2. The summed E-state index contributed by atoms with van der Waals surface area (Å²) in [6.07, 6.45) is -3.87. The van der Waals surface area contributed by atoms with Gasteiger partial charge in [0.15, 0.2) is 0 Å². The molecule has 1 N–H and O–H groups in total. The molecule has 0 aliphatic rings. The van der Waals surface area contributed by atoms with E-state index in [9.17, 15) is 13.2 Å². The van der Waals surface area contributed by atoms with Crippen LogP contribution in [0.2, 0.25) is 0 Å². The number of hydrogen-bond donors (Lipinski definition) is 1. The highest BCUT2D eigenvalue weighted by Gasteiger charge is 2.31. The molecule has 5 heteroatoms. The number of halogens is 3. The molecular weight excluding hydrogens is 267 g/mol. The van der Waals surface area contributed by atoms with Crippen LogP contribution in [0.1, 0.15) is 5.56 Å². The number of alkyl halides is 3. The number of nitrogens with one attached hydrogen (secondary N) is 1. The van der Waals surface area contributed by atoms with Crippen molar-refractivity contribution in [3.63, 3.8) is 0 Å². The van der Waals surface area contributed by atoms with Crippen LogP contribution in [0.5, 0.6) is 5.75 Å². The number of ether oxygens (including phenoxy) is 1. The highest BCUT2D eigenvalue weighted by Crippen LogP contribution is 2.24. The van der Waals surface area contributed by atoms with Gasteiger partial charge in [-0.3, -0.25) is 0 Å². The highest BCUT2D eigenvalue weighted by molar-refractivity contribution is 5.48. The maximum absolute atomic E-state index is 12.1. The minimum absolute atomic E-state index is 0.220. The number of rotatable bonds is 5. The molecule has 0 fully saturated rings. The fourth-order valence-corrected chi connectivity index (χ4v) is 1.80. The zero-order chi connectivity index (χ0) is 14.4. The van der Waals surface area contributed by atoms with Crippen LogP contribution in [-0.4, -0.2) is 12.9 Å². The minimum Gasteiger partial charge on any atom is -0.406 e. The molecule has 0 radical (unpaired) electrons. The maximum Gasteiger partial charge on any atom is 0.573 e. The molecule has 106 valence electrons. The molecule has 0 bridgehead atoms. The Bertz CT molecular complexity index is 540. The van der Waals surface area contributed by atoms with Gasteiger partial charge in [-0.25, -0.2) is 0 Å². The minimum atomic E-state index is -4.66. The van der Waals surface area contributed by atoms with Gasteiger partial charge < -0.3 is 10.1 Å². The standard InChI is InChI=1S/C15H14F3NO/c16-15(17,18)20-14-8-4-7-13(11-14)19-10-9-12-5-2-1-3-6-12/h1-8,11,19H,9-10H2. The van der Waals surface area contributed by atoms with E-state index in [0.717, 1.165) is 6.42 Å². The first-order valence-electron chi connectivity index (χ1n) is 6.16. The highest BCUT2D eigenvalue weighted by atomic mass is 19.4. The Labute approximate surface area is 115 Å². The normalized spacial score (nSPS) is 11.2. The Morgan fingerprint density at radius 1 is 0.950 bits per heavy atom. The lowest BCUT2D eigenvalue weighted by Gasteiger charge is -2.11. The SMILES string of the molecule is FC(F)(F)Oc1cccc(NCCc2ccccc2)c1. The monoisotopic (exact) mass is 281 g/mol. The van der Waals surface area contributed by atoms with Crippen LogP contribution in [0.25, 0.3) is 0 Å². The molecule has 2 aromatic carbocycles.